The normalized spacial score (nSPS) is 22.1. The number of amides is 1. The number of carbonyl (C=O) groups is 1. The highest BCUT2D eigenvalue weighted by atomic mass is 16.5. The van der Waals surface area contributed by atoms with E-state index in [1.54, 1.807) is 0 Å². The smallest absolute Gasteiger partial charge is 0.224 e. The molecule has 1 fully saturated rings. The van der Waals surface area contributed by atoms with Gasteiger partial charge in [-0.3, -0.25) is 4.79 Å². The Morgan fingerprint density at radius 1 is 1.43 bits per heavy atom. The van der Waals surface area contributed by atoms with Crippen LogP contribution in [0.25, 0.3) is 0 Å². The molecule has 0 bridgehead atoms. The Morgan fingerprint density at radius 2 is 2.19 bits per heavy atom. The van der Waals surface area contributed by atoms with E-state index >= 15 is 0 Å². The van der Waals surface area contributed by atoms with E-state index in [1.807, 2.05) is 38.1 Å². The summed E-state index contributed by atoms with van der Waals surface area (Å²) in [6, 6.07) is 8.05. The Balaban J connectivity index is 1.96. The molecule has 1 aliphatic heterocycles. The van der Waals surface area contributed by atoms with E-state index < -0.39 is 0 Å². The molecule has 1 aromatic carbocycles. The summed E-state index contributed by atoms with van der Waals surface area (Å²) in [6.07, 6.45) is 1.48. The topological polar surface area (TPSA) is 50.4 Å². The fourth-order valence-corrected chi connectivity index (χ4v) is 2.68. The van der Waals surface area contributed by atoms with Crippen molar-refractivity contribution in [2.24, 2.45) is 5.92 Å². The zero-order valence-corrected chi connectivity index (χ0v) is 13.2. The zero-order valence-electron chi connectivity index (χ0n) is 13.2. The van der Waals surface area contributed by atoms with Crippen molar-refractivity contribution >= 4 is 5.91 Å². The lowest BCUT2D eigenvalue weighted by Crippen LogP contribution is -2.48. The molecule has 2 rings (SSSR count). The number of hydrogen-bond acceptors (Lipinski definition) is 3. The van der Waals surface area contributed by atoms with Gasteiger partial charge >= 0.3 is 0 Å². The monoisotopic (exact) mass is 290 g/mol. The summed E-state index contributed by atoms with van der Waals surface area (Å²) >= 11 is 0. The minimum absolute atomic E-state index is 0.0774. The molecule has 0 saturated carbocycles. The van der Waals surface area contributed by atoms with Crippen LogP contribution in [0.4, 0.5) is 0 Å². The minimum Gasteiger partial charge on any atom is -0.491 e. The molecule has 116 valence electrons. The van der Waals surface area contributed by atoms with E-state index in [4.69, 9.17) is 4.74 Å². The summed E-state index contributed by atoms with van der Waals surface area (Å²) in [6.45, 7) is 8.11. The number of piperidine rings is 1. The summed E-state index contributed by atoms with van der Waals surface area (Å²) in [5, 5.41) is 6.51. The molecule has 2 N–H and O–H groups in total. The SMILES string of the molecule is CC(C)Oc1ccccc1CC(=O)NC1CCNCC1C. The second-order valence-corrected chi connectivity index (χ2v) is 6.10. The Morgan fingerprint density at radius 3 is 2.90 bits per heavy atom. The van der Waals surface area contributed by atoms with Crippen molar-refractivity contribution in [2.75, 3.05) is 13.1 Å². The highest BCUT2D eigenvalue weighted by Crippen LogP contribution is 2.20. The number of benzene rings is 1. The third-order valence-corrected chi connectivity index (χ3v) is 3.82. The molecule has 1 aliphatic rings. The molecule has 21 heavy (non-hydrogen) atoms. The van der Waals surface area contributed by atoms with E-state index in [1.165, 1.54) is 0 Å². The number of nitrogens with one attached hydrogen (secondary N) is 2. The standard InChI is InChI=1S/C17H26N2O2/c1-12(2)21-16-7-5-4-6-14(16)10-17(20)19-15-8-9-18-11-13(15)3/h4-7,12-13,15,18H,8-11H2,1-3H3,(H,19,20). The first-order chi connectivity index (χ1) is 10.1. The highest BCUT2D eigenvalue weighted by molar-refractivity contribution is 5.79. The lowest BCUT2D eigenvalue weighted by Gasteiger charge is -2.30. The Labute approximate surface area is 127 Å². The molecule has 1 heterocycles. The molecular formula is C17H26N2O2. The van der Waals surface area contributed by atoms with Gasteiger partial charge in [-0.05, 0) is 45.3 Å². The van der Waals surface area contributed by atoms with Gasteiger partial charge in [0.2, 0.25) is 5.91 Å². The van der Waals surface area contributed by atoms with Crippen LogP contribution in [0.2, 0.25) is 0 Å². The number of hydrogen-bond donors (Lipinski definition) is 2. The lowest BCUT2D eigenvalue weighted by atomic mass is 9.95. The van der Waals surface area contributed by atoms with Gasteiger partial charge in [0.05, 0.1) is 12.5 Å². The van der Waals surface area contributed by atoms with E-state index in [0.717, 1.165) is 30.8 Å². The number of rotatable bonds is 5. The van der Waals surface area contributed by atoms with Crippen molar-refractivity contribution in [3.05, 3.63) is 29.8 Å². The van der Waals surface area contributed by atoms with Crippen LogP contribution in [0.3, 0.4) is 0 Å². The summed E-state index contributed by atoms with van der Waals surface area (Å²) in [4.78, 5) is 12.3. The largest absolute Gasteiger partial charge is 0.491 e. The number of para-hydroxylation sites is 1. The van der Waals surface area contributed by atoms with E-state index in [0.29, 0.717) is 12.3 Å². The summed E-state index contributed by atoms with van der Waals surface area (Å²) in [5.74, 6) is 1.36. The number of carbonyl (C=O) groups excluding carboxylic acids is 1. The van der Waals surface area contributed by atoms with Gasteiger partial charge in [-0.25, -0.2) is 0 Å². The Kier molecular flexibility index (Phi) is 5.62. The first-order valence-electron chi connectivity index (χ1n) is 7.81. The van der Waals surface area contributed by atoms with E-state index in [-0.39, 0.29) is 18.1 Å². The van der Waals surface area contributed by atoms with Crippen LogP contribution in [0.5, 0.6) is 5.75 Å². The van der Waals surface area contributed by atoms with Crippen LogP contribution >= 0.6 is 0 Å². The molecule has 2 unspecified atom stereocenters. The second-order valence-electron chi connectivity index (χ2n) is 6.10. The zero-order chi connectivity index (χ0) is 15.2. The number of ether oxygens (including phenoxy) is 1. The average molecular weight is 290 g/mol. The summed E-state index contributed by atoms with van der Waals surface area (Å²) in [5.41, 5.74) is 0.949. The second kappa shape index (κ2) is 7.46. The van der Waals surface area contributed by atoms with Gasteiger partial charge in [0.25, 0.3) is 0 Å². The van der Waals surface area contributed by atoms with Gasteiger partial charge in [-0.15, -0.1) is 0 Å². The van der Waals surface area contributed by atoms with Gasteiger partial charge < -0.3 is 15.4 Å². The van der Waals surface area contributed by atoms with Gasteiger partial charge in [-0.2, -0.15) is 0 Å². The molecule has 4 heteroatoms. The summed E-state index contributed by atoms with van der Waals surface area (Å²) in [7, 11) is 0. The quantitative estimate of drug-likeness (QED) is 0.873. The summed E-state index contributed by atoms with van der Waals surface area (Å²) < 4.78 is 5.77. The van der Waals surface area contributed by atoms with Crippen molar-refractivity contribution in [1.82, 2.24) is 10.6 Å². The van der Waals surface area contributed by atoms with Gasteiger partial charge in [0, 0.05) is 11.6 Å². The average Bonchev–Trinajstić information content (AvgIpc) is 2.43. The lowest BCUT2D eigenvalue weighted by molar-refractivity contribution is -0.121. The first-order valence-corrected chi connectivity index (χ1v) is 7.81. The van der Waals surface area contributed by atoms with Crippen LogP contribution in [-0.4, -0.2) is 31.1 Å². The molecular weight excluding hydrogens is 264 g/mol. The molecule has 1 saturated heterocycles. The van der Waals surface area contributed by atoms with Gasteiger partial charge in [-0.1, -0.05) is 25.1 Å². The van der Waals surface area contributed by atoms with E-state index in [9.17, 15) is 4.79 Å². The first kappa shape index (κ1) is 15.8. The maximum atomic E-state index is 12.3. The van der Waals surface area contributed by atoms with Crippen LogP contribution in [0.1, 0.15) is 32.8 Å². The van der Waals surface area contributed by atoms with Crippen molar-refractivity contribution in [3.8, 4) is 5.75 Å². The third kappa shape index (κ3) is 4.74. The van der Waals surface area contributed by atoms with Crippen LogP contribution in [-0.2, 0) is 11.2 Å². The van der Waals surface area contributed by atoms with Gasteiger partial charge in [0.15, 0.2) is 0 Å². The van der Waals surface area contributed by atoms with E-state index in [2.05, 4.69) is 17.6 Å². The van der Waals surface area contributed by atoms with Crippen molar-refractivity contribution in [1.29, 1.82) is 0 Å². The fraction of sp³-hybridized carbons (Fsp3) is 0.588. The molecule has 4 nitrogen and oxygen atoms in total. The van der Waals surface area contributed by atoms with Crippen LogP contribution in [0, 0.1) is 5.92 Å². The maximum absolute atomic E-state index is 12.3. The Bertz CT molecular complexity index is 474. The maximum Gasteiger partial charge on any atom is 0.224 e. The van der Waals surface area contributed by atoms with Crippen molar-refractivity contribution in [3.63, 3.8) is 0 Å². The molecule has 0 aromatic heterocycles. The third-order valence-electron chi connectivity index (χ3n) is 3.82. The van der Waals surface area contributed by atoms with Crippen molar-refractivity contribution in [2.45, 2.75) is 45.8 Å². The fourth-order valence-electron chi connectivity index (χ4n) is 2.68. The molecule has 0 spiro atoms. The molecule has 0 aliphatic carbocycles. The molecule has 2 atom stereocenters. The Hall–Kier alpha value is -1.55. The predicted molar refractivity (Wildman–Crippen MR) is 84.5 cm³/mol. The van der Waals surface area contributed by atoms with Gasteiger partial charge in [0.1, 0.15) is 5.75 Å². The highest BCUT2D eigenvalue weighted by Gasteiger charge is 2.22. The van der Waals surface area contributed by atoms with Crippen LogP contribution < -0.4 is 15.4 Å². The predicted octanol–water partition coefficient (Wildman–Crippen LogP) is 2.13. The van der Waals surface area contributed by atoms with Crippen LogP contribution in [0.15, 0.2) is 24.3 Å². The van der Waals surface area contributed by atoms with Crippen molar-refractivity contribution < 1.29 is 9.53 Å². The molecule has 1 amide bonds. The minimum atomic E-state index is 0.0774. The molecule has 1 aromatic rings. The molecule has 0 radical (unpaired) electrons.